The molecule has 0 spiro atoms. The maximum absolute atomic E-state index is 17.5. The van der Waals surface area contributed by atoms with Crippen LogP contribution in [0.25, 0.3) is 10.9 Å². The number of alkyl halides is 1. The van der Waals surface area contributed by atoms with E-state index in [4.69, 9.17) is 20.9 Å². The fourth-order valence-corrected chi connectivity index (χ4v) is 7.45. The van der Waals surface area contributed by atoms with Crippen LogP contribution in [-0.4, -0.2) is 36.6 Å². The van der Waals surface area contributed by atoms with Crippen LogP contribution in [0.5, 0.6) is 0 Å². The largest absolute Gasteiger partial charge is 0.465 e. The Hall–Kier alpha value is -4.06. The summed E-state index contributed by atoms with van der Waals surface area (Å²) in [6.07, 6.45) is 0.251. The zero-order valence-corrected chi connectivity index (χ0v) is 24.0. The highest BCUT2D eigenvalue weighted by atomic mass is 35.5. The molecule has 1 aliphatic rings. The summed E-state index contributed by atoms with van der Waals surface area (Å²) < 4.78 is 55.5. The van der Waals surface area contributed by atoms with E-state index in [0.717, 1.165) is 27.7 Å². The quantitative estimate of drug-likeness (QED) is 0.216. The van der Waals surface area contributed by atoms with Gasteiger partial charge in [0.25, 0.3) is 10.9 Å². The summed E-state index contributed by atoms with van der Waals surface area (Å²) >= 11 is 6.22. The van der Waals surface area contributed by atoms with Gasteiger partial charge in [0.1, 0.15) is 0 Å². The Bertz CT molecular complexity index is 1890. The predicted octanol–water partition coefficient (Wildman–Crippen LogP) is 5.29. The van der Waals surface area contributed by atoms with Crippen LogP contribution in [0.1, 0.15) is 38.9 Å². The minimum atomic E-state index is -4.63. The van der Waals surface area contributed by atoms with Gasteiger partial charge < -0.3 is 19.6 Å². The van der Waals surface area contributed by atoms with Gasteiger partial charge in [0.05, 0.1) is 24.1 Å². The van der Waals surface area contributed by atoms with Crippen molar-refractivity contribution in [3.05, 3.63) is 112 Å². The number of H-pyrrole nitrogens is 1. The molecule has 2 unspecified atom stereocenters. The number of nitrogens with one attached hydrogen (secondary N) is 2. The lowest BCUT2D eigenvalue weighted by Crippen LogP contribution is -2.40. The lowest BCUT2D eigenvalue weighted by molar-refractivity contribution is 0.0600. The van der Waals surface area contributed by atoms with Crippen molar-refractivity contribution >= 4 is 38.3 Å². The van der Waals surface area contributed by atoms with Gasteiger partial charge in [-0.3, -0.25) is 0 Å². The van der Waals surface area contributed by atoms with Crippen LogP contribution in [-0.2, 0) is 45.5 Å². The van der Waals surface area contributed by atoms with Gasteiger partial charge in [-0.15, -0.1) is 0 Å². The first-order valence-corrected chi connectivity index (χ1v) is 15.1. The molecule has 5 aromatic rings. The fourth-order valence-electron chi connectivity index (χ4n) is 5.50. The lowest BCUT2D eigenvalue weighted by atomic mass is 9.98. The van der Waals surface area contributed by atoms with E-state index in [0.29, 0.717) is 17.1 Å². The van der Waals surface area contributed by atoms with Crippen LogP contribution in [0.15, 0.2) is 82.2 Å². The van der Waals surface area contributed by atoms with Gasteiger partial charge in [0, 0.05) is 34.1 Å². The number of carbonyl (C=O) groups excluding carboxylic acids is 1. The zero-order valence-electron chi connectivity index (χ0n) is 22.4. The smallest absolute Gasteiger partial charge is 0.337 e. The molecular weight excluding hydrogens is 583 g/mol. The summed E-state index contributed by atoms with van der Waals surface area (Å²) in [6.45, 7) is 0.408. The van der Waals surface area contributed by atoms with E-state index < -0.39 is 32.6 Å². The molecule has 2 aromatic heterocycles. The topological polar surface area (TPSA) is 127 Å². The third-order valence-electron chi connectivity index (χ3n) is 7.55. The lowest BCUT2D eigenvalue weighted by Gasteiger charge is -2.27. The first kappa shape index (κ1) is 28.1. The molecule has 0 aliphatic heterocycles. The Morgan fingerprint density at radius 3 is 2.71 bits per heavy atom. The summed E-state index contributed by atoms with van der Waals surface area (Å²) in [5, 5.41) is 5.37. The number of rotatable bonds is 9. The average molecular weight is 609 g/mol. The second-order valence-electron chi connectivity index (χ2n) is 10.1. The molecule has 6 rings (SSSR count). The Balaban J connectivity index is 1.29. The van der Waals surface area contributed by atoms with Crippen LogP contribution in [0.3, 0.4) is 0 Å². The molecule has 0 radical (unpaired) electrons. The van der Waals surface area contributed by atoms with E-state index in [1.165, 1.54) is 19.2 Å². The SMILES string of the molecule is COC(=O)c1cccc(CNCc2noc(C(F)(C3Cc4[nH]c5ccc(Cl)cc5c4C3)S(=O)(=O)c3ccccc3)n2)c1. The number of carbonyl (C=O) groups is 1. The third-order valence-corrected chi connectivity index (χ3v) is 9.97. The predicted molar refractivity (Wildman–Crippen MR) is 153 cm³/mol. The van der Waals surface area contributed by atoms with E-state index in [-0.39, 0.29) is 30.1 Å². The Kier molecular flexibility index (Phi) is 7.34. The number of ether oxygens (including phenoxy) is 1. The molecule has 3 aromatic carbocycles. The molecule has 42 heavy (non-hydrogen) atoms. The molecule has 12 heteroatoms. The molecule has 0 fully saturated rings. The number of sulfone groups is 1. The van der Waals surface area contributed by atoms with E-state index in [2.05, 4.69) is 20.4 Å². The monoisotopic (exact) mass is 608 g/mol. The van der Waals surface area contributed by atoms with Crippen LogP contribution < -0.4 is 5.32 Å². The molecule has 0 saturated heterocycles. The maximum Gasteiger partial charge on any atom is 0.337 e. The van der Waals surface area contributed by atoms with Crippen molar-refractivity contribution in [1.29, 1.82) is 0 Å². The summed E-state index contributed by atoms with van der Waals surface area (Å²) in [6, 6.07) is 19.7. The molecule has 2 N–H and O–H groups in total. The highest BCUT2D eigenvalue weighted by Gasteiger charge is 2.59. The average Bonchev–Trinajstić information content (AvgIpc) is 3.73. The summed E-state index contributed by atoms with van der Waals surface area (Å²) in [5.74, 6) is -2.01. The van der Waals surface area contributed by atoms with E-state index >= 15 is 4.39 Å². The van der Waals surface area contributed by atoms with Crippen molar-refractivity contribution in [3.63, 3.8) is 0 Å². The number of fused-ring (bicyclic) bond motifs is 3. The highest BCUT2D eigenvalue weighted by molar-refractivity contribution is 7.92. The van der Waals surface area contributed by atoms with Gasteiger partial charge in [0.15, 0.2) is 5.82 Å². The Morgan fingerprint density at radius 2 is 1.93 bits per heavy atom. The van der Waals surface area contributed by atoms with Gasteiger partial charge in [-0.05, 0) is 66.4 Å². The summed E-state index contributed by atoms with van der Waals surface area (Å²) in [7, 11) is -3.32. The van der Waals surface area contributed by atoms with Crippen LogP contribution in [0.2, 0.25) is 5.02 Å². The van der Waals surface area contributed by atoms with Crippen LogP contribution in [0.4, 0.5) is 4.39 Å². The summed E-state index contributed by atoms with van der Waals surface area (Å²) in [4.78, 5) is 19.2. The second-order valence-corrected chi connectivity index (χ2v) is 12.7. The van der Waals surface area contributed by atoms with Crippen molar-refractivity contribution in [1.82, 2.24) is 20.4 Å². The normalized spacial score (nSPS) is 16.3. The molecule has 1 aliphatic carbocycles. The molecule has 0 bridgehead atoms. The first-order valence-electron chi connectivity index (χ1n) is 13.2. The molecule has 2 heterocycles. The van der Waals surface area contributed by atoms with Gasteiger partial charge in [0.2, 0.25) is 9.84 Å². The van der Waals surface area contributed by atoms with Crippen molar-refractivity contribution in [2.24, 2.45) is 5.92 Å². The van der Waals surface area contributed by atoms with Gasteiger partial charge in [-0.2, -0.15) is 4.98 Å². The number of aromatic amines is 1. The van der Waals surface area contributed by atoms with Crippen molar-refractivity contribution in [3.8, 4) is 0 Å². The molecule has 216 valence electrons. The number of aromatic nitrogens is 3. The van der Waals surface area contributed by atoms with Gasteiger partial charge in [-0.1, -0.05) is 47.1 Å². The van der Waals surface area contributed by atoms with Crippen molar-refractivity contribution < 1.29 is 26.9 Å². The minimum Gasteiger partial charge on any atom is -0.465 e. The van der Waals surface area contributed by atoms with E-state index in [1.54, 1.807) is 48.5 Å². The minimum absolute atomic E-state index is 0.0697. The number of hydrogen-bond acceptors (Lipinski definition) is 8. The van der Waals surface area contributed by atoms with Crippen molar-refractivity contribution in [2.45, 2.75) is 35.8 Å². The second kappa shape index (κ2) is 11.0. The molecule has 9 nitrogen and oxygen atoms in total. The number of nitrogens with zero attached hydrogens (tertiary/aromatic N) is 2. The van der Waals surface area contributed by atoms with Gasteiger partial charge in [-0.25, -0.2) is 17.6 Å². The standard InChI is InChI=1S/C30H26ClFN4O5S/c1-40-28(37)19-7-5-6-18(12-19)16-33-17-27-35-29(41-36-27)30(32,42(38,39)22-8-3-2-4-9-22)20-13-23-24-15-21(31)10-11-25(24)34-26(23)14-20/h2-12,15,20,33-34H,13-14,16-17H2,1H3. The number of hydrogen-bond donors (Lipinski definition) is 2. The first-order chi connectivity index (χ1) is 20.2. The number of benzene rings is 3. The maximum atomic E-state index is 17.5. The van der Waals surface area contributed by atoms with Crippen LogP contribution >= 0.6 is 11.6 Å². The molecule has 2 atom stereocenters. The highest BCUT2D eigenvalue weighted by Crippen LogP contribution is 2.49. The Labute approximate surface area is 246 Å². The number of esters is 1. The molecule has 0 amide bonds. The molecule has 0 saturated carbocycles. The van der Waals surface area contributed by atoms with Crippen LogP contribution in [0, 0.1) is 5.92 Å². The Morgan fingerprint density at radius 1 is 1.12 bits per heavy atom. The van der Waals surface area contributed by atoms with Crippen molar-refractivity contribution in [2.75, 3.05) is 7.11 Å². The third kappa shape index (κ3) is 4.87. The molecular formula is C30H26ClFN4O5S. The number of methoxy groups -OCH3 is 1. The summed E-state index contributed by atoms with van der Waals surface area (Å²) in [5.41, 5.74) is 3.62. The number of halogens is 2. The zero-order chi connectivity index (χ0) is 29.5. The van der Waals surface area contributed by atoms with E-state index in [1.807, 2.05) is 12.1 Å². The van der Waals surface area contributed by atoms with Gasteiger partial charge >= 0.3 is 5.97 Å². The fraction of sp³-hybridized carbons (Fsp3) is 0.233. The van der Waals surface area contributed by atoms with E-state index in [9.17, 15) is 13.2 Å².